The zero-order valence-corrected chi connectivity index (χ0v) is 15.4. The third kappa shape index (κ3) is 3.68. The van der Waals surface area contributed by atoms with E-state index >= 15 is 0 Å². The molecule has 1 aromatic carbocycles. The number of nitrogens with one attached hydrogen (secondary N) is 2. The Kier molecular flexibility index (Phi) is 4.81. The number of aryl methyl sites for hydroxylation is 1. The van der Waals surface area contributed by atoms with Crippen LogP contribution in [0, 0.1) is 5.92 Å². The highest BCUT2D eigenvalue weighted by molar-refractivity contribution is 7.15. The van der Waals surface area contributed by atoms with Crippen molar-refractivity contribution in [2.75, 3.05) is 18.4 Å². The molecule has 7 heteroatoms. The molecule has 0 aliphatic carbocycles. The minimum atomic E-state index is -0.110. The zero-order chi connectivity index (χ0) is 17.9. The van der Waals surface area contributed by atoms with Crippen molar-refractivity contribution >= 4 is 22.4 Å². The largest absolute Gasteiger partial charge is 0.315 e. The first-order chi connectivity index (χ1) is 12.7. The third-order valence-electron chi connectivity index (χ3n) is 4.71. The number of nitrogens with zero attached hydrogens (tertiary/aromatic N) is 3. The summed E-state index contributed by atoms with van der Waals surface area (Å²) in [5.41, 5.74) is 2.34. The van der Waals surface area contributed by atoms with Crippen LogP contribution in [0.1, 0.15) is 21.9 Å². The molecule has 0 bridgehead atoms. The van der Waals surface area contributed by atoms with Gasteiger partial charge in [-0.25, -0.2) is 4.98 Å². The molecule has 0 radical (unpaired) electrons. The summed E-state index contributed by atoms with van der Waals surface area (Å²) in [6.07, 6.45) is 6.51. The summed E-state index contributed by atoms with van der Waals surface area (Å²) in [6, 6.07) is 10.3. The van der Waals surface area contributed by atoms with Gasteiger partial charge in [0.25, 0.3) is 0 Å². The minimum Gasteiger partial charge on any atom is -0.315 e. The van der Waals surface area contributed by atoms with Crippen molar-refractivity contribution in [1.82, 2.24) is 20.1 Å². The lowest BCUT2D eigenvalue weighted by Crippen LogP contribution is -2.27. The van der Waals surface area contributed by atoms with E-state index in [4.69, 9.17) is 0 Å². The number of benzene rings is 1. The number of rotatable bonds is 5. The fourth-order valence-corrected chi connectivity index (χ4v) is 4.23. The molecule has 134 valence electrons. The van der Waals surface area contributed by atoms with E-state index in [2.05, 4.69) is 32.8 Å². The van der Waals surface area contributed by atoms with Gasteiger partial charge in [0.15, 0.2) is 5.13 Å². The van der Waals surface area contributed by atoms with Crippen LogP contribution in [0.15, 0.2) is 48.9 Å². The van der Waals surface area contributed by atoms with E-state index in [0.29, 0.717) is 11.7 Å². The topological polar surface area (TPSA) is 71.8 Å². The van der Waals surface area contributed by atoms with Gasteiger partial charge in [0.05, 0.1) is 12.1 Å². The first-order valence-electron chi connectivity index (χ1n) is 8.68. The molecular formula is C19H21N5OS. The van der Waals surface area contributed by atoms with Crippen molar-refractivity contribution in [2.45, 2.75) is 12.3 Å². The Morgan fingerprint density at radius 3 is 2.92 bits per heavy atom. The lowest BCUT2D eigenvalue weighted by molar-refractivity contribution is -0.119. The Bertz CT molecular complexity index is 888. The van der Waals surface area contributed by atoms with Crippen LogP contribution in [-0.4, -0.2) is 33.8 Å². The molecular weight excluding hydrogens is 346 g/mol. The predicted molar refractivity (Wildman–Crippen MR) is 102 cm³/mol. The number of amides is 1. The molecule has 1 fully saturated rings. The fourth-order valence-electron chi connectivity index (χ4n) is 3.38. The third-order valence-corrected chi connectivity index (χ3v) is 5.62. The highest BCUT2D eigenvalue weighted by Crippen LogP contribution is 2.29. The van der Waals surface area contributed by atoms with E-state index in [-0.39, 0.29) is 17.7 Å². The second-order valence-electron chi connectivity index (χ2n) is 6.60. The van der Waals surface area contributed by atoms with Crippen molar-refractivity contribution in [1.29, 1.82) is 0 Å². The molecule has 0 saturated carbocycles. The average molecular weight is 367 g/mol. The van der Waals surface area contributed by atoms with Crippen LogP contribution >= 0.6 is 11.3 Å². The van der Waals surface area contributed by atoms with Crippen LogP contribution in [0.5, 0.6) is 0 Å². The Balaban J connectivity index is 1.41. The molecule has 3 heterocycles. The van der Waals surface area contributed by atoms with Gasteiger partial charge in [-0.3, -0.25) is 9.48 Å². The number of aromatic nitrogens is 3. The van der Waals surface area contributed by atoms with Crippen LogP contribution in [0.3, 0.4) is 0 Å². The normalized spacial score (nSPS) is 19.6. The lowest BCUT2D eigenvalue weighted by Gasteiger charge is -2.15. The molecule has 1 amide bonds. The van der Waals surface area contributed by atoms with E-state index in [9.17, 15) is 4.79 Å². The van der Waals surface area contributed by atoms with Gasteiger partial charge in [-0.05, 0) is 11.1 Å². The second kappa shape index (κ2) is 7.39. The first-order valence-corrected chi connectivity index (χ1v) is 9.49. The number of hydrogen-bond acceptors (Lipinski definition) is 5. The van der Waals surface area contributed by atoms with E-state index in [1.807, 2.05) is 43.8 Å². The van der Waals surface area contributed by atoms with Gasteiger partial charge in [-0.2, -0.15) is 5.10 Å². The van der Waals surface area contributed by atoms with Crippen LogP contribution in [0.25, 0.3) is 0 Å². The Labute approximate surface area is 156 Å². The Morgan fingerprint density at radius 1 is 1.31 bits per heavy atom. The zero-order valence-electron chi connectivity index (χ0n) is 14.6. The van der Waals surface area contributed by atoms with Crippen molar-refractivity contribution in [3.63, 3.8) is 0 Å². The summed E-state index contributed by atoms with van der Waals surface area (Å²) in [6.45, 7) is 1.47. The fraction of sp³-hybridized carbons (Fsp3) is 0.316. The SMILES string of the molecule is Cn1cc([C@H]2CNC[C@@H]2C(=O)Nc2ncc(Cc3ccccc3)s2)cn1. The molecule has 6 nitrogen and oxygen atoms in total. The lowest BCUT2D eigenvalue weighted by atomic mass is 9.90. The molecule has 1 saturated heterocycles. The number of anilines is 1. The van der Waals surface area contributed by atoms with Crippen LogP contribution in [0.2, 0.25) is 0 Å². The second-order valence-corrected chi connectivity index (χ2v) is 7.72. The molecule has 2 N–H and O–H groups in total. The summed E-state index contributed by atoms with van der Waals surface area (Å²) in [7, 11) is 1.89. The van der Waals surface area contributed by atoms with Gasteiger partial charge in [0.1, 0.15) is 0 Å². The standard InChI is InChI=1S/C19H21N5OS/c1-24-12-14(8-22-24)16-10-20-11-17(16)18(25)23-19-21-9-15(26-19)7-13-5-3-2-4-6-13/h2-6,8-9,12,16-17,20H,7,10-11H2,1H3,(H,21,23,25)/t16-,17+/m1/s1. The van der Waals surface area contributed by atoms with Gasteiger partial charge in [0.2, 0.25) is 5.91 Å². The van der Waals surface area contributed by atoms with Gasteiger partial charge < -0.3 is 10.6 Å². The predicted octanol–water partition coefficient (Wildman–Crippen LogP) is 2.41. The maximum atomic E-state index is 12.8. The quantitative estimate of drug-likeness (QED) is 0.726. The summed E-state index contributed by atoms with van der Waals surface area (Å²) < 4.78 is 1.78. The van der Waals surface area contributed by atoms with Gasteiger partial charge in [-0.1, -0.05) is 30.3 Å². The van der Waals surface area contributed by atoms with Crippen molar-refractivity contribution in [3.05, 3.63) is 64.9 Å². The van der Waals surface area contributed by atoms with Gasteiger partial charge >= 0.3 is 0 Å². The first kappa shape index (κ1) is 16.9. The highest BCUT2D eigenvalue weighted by atomic mass is 32.1. The summed E-state index contributed by atoms with van der Waals surface area (Å²) >= 11 is 1.54. The van der Waals surface area contributed by atoms with Crippen LogP contribution in [-0.2, 0) is 18.3 Å². The molecule has 3 aromatic rings. The molecule has 0 unspecified atom stereocenters. The van der Waals surface area contributed by atoms with Crippen LogP contribution in [0.4, 0.5) is 5.13 Å². The molecule has 0 spiro atoms. The van der Waals surface area contributed by atoms with Gasteiger partial charge in [0, 0.05) is 49.7 Å². The van der Waals surface area contributed by atoms with Crippen molar-refractivity contribution < 1.29 is 4.79 Å². The monoisotopic (exact) mass is 367 g/mol. The highest BCUT2D eigenvalue weighted by Gasteiger charge is 2.35. The number of carbonyl (C=O) groups is 1. The smallest absolute Gasteiger partial charge is 0.231 e. The van der Waals surface area contributed by atoms with E-state index in [1.54, 1.807) is 4.68 Å². The maximum Gasteiger partial charge on any atom is 0.231 e. The Hall–Kier alpha value is -2.51. The number of hydrogen-bond donors (Lipinski definition) is 2. The average Bonchev–Trinajstić information content (AvgIpc) is 3.36. The molecule has 2 aromatic heterocycles. The van der Waals surface area contributed by atoms with Crippen LogP contribution < -0.4 is 10.6 Å². The van der Waals surface area contributed by atoms with Crippen molar-refractivity contribution in [2.24, 2.45) is 13.0 Å². The van der Waals surface area contributed by atoms with E-state index in [1.165, 1.54) is 16.9 Å². The van der Waals surface area contributed by atoms with Gasteiger partial charge in [-0.15, -0.1) is 11.3 Å². The summed E-state index contributed by atoms with van der Waals surface area (Å²) in [5, 5.41) is 11.2. The number of carbonyl (C=O) groups excluding carboxylic acids is 1. The Morgan fingerprint density at radius 2 is 2.15 bits per heavy atom. The van der Waals surface area contributed by atoms with Crippen molar-refractivity contribution in [3.8, 4) is 0 Å². The molecule has 1 aliphatic heterocycles. The molecule has 2 atom stereocenters. The molecule has 4 rings (SSSR count). The summed E-state index contributed by atoms with van der Waals surface area (Å²) in [5.74, 6) is 0.0533. The summed E-state index contributed by atoms with van der Waals surface area (Å²) in [4.78, 5) is 18.3. The number of thiazole rings is 1. The molecule has 1 aliphatic rings. The molecule has 26 heavy (non-hydrogen) atoms. The van der Waals surface area contributed by atoms with E-state index < -0.39 is 0 Å². The van der Waals surface area contributed by atoms with E-state index in [0.717, 1.165) is 23.4 Å². The maximum absolute atomic E-state index is 12.8. The minimum absolute atomic E-state index is 0.0180.